The maximum absolute atomic E-state index is 12.9. The Labute approximate surface area is 96.7 Å². The highest BCUT2D eigenvalue weighted by Gasteiger charge is 2.20. The van der Waals surface area contributed by atoms with Crippen molar-refractivity contribution in [1.29, 1.82) is 0 Å². The maximum atomic E-state index is 12.9. The molecule has 0 rings (SSSR count). The molecule has 0 saturated heterocycles. The molecule has 0 aromatic heterocycles. The van der Waals surface area contributed by atoms with E-state index in [0.717, 1.165) is 0 Å². The fourth-order valence-electron chi connectivity index (χ4n) is 0.685. The molecule has 0 aromatic rings. The van der Waals surface area contributed by atoms with Crippen LogP contribution in [0, 0.1) is 0 Å². The summed E-state index contributed by atoms with van der Waals surface area (Å²) in [6.45, 7) is 4.73. The summed E-state index contributed by atoms with van der Waals surface area (Å²) in [6.07, 6.45) is -2.43. The lowest BCUT2D eigenvalue weighted by atomic mass is 10.2. The first-order chi connectivity index (χ1) is 6.76. The number of alkyl carbamates (subject to hydrolysis) is 1. The van der Waals surface area contributed by atoms with Crippen molar-refractivity contribution in [2.24, 2.45) is 0 Å². The summed E-state index contributed by atoms with van der Waals surface area (Å²) in [7, 11) is 0. The molecule has 15 heavy (non-hydrogen) atoms. The van der Waals surface area contributed by atoms with Crippen LogP contribution in [0.25, 0.3) is 0 Å². The quantitative estimate of drug-likeness (QED) is 0.801. The van der Waals surface area contributed by atoms with Crippen LogP contribution in [0.4, 0.5) is 9.18 Å². The highest BCUT2D eigenvalue weighted by Crippen LogP contribution is 2.06. The zero-order valence-electron chi connectivity index (χ0n) is 8.97. The van der Waals surface area contributed by atoms with Gasteiger partial charge in [0.25, 0.3) is 0 Å². The number of alkyl halides is 2. The minimum atomic E-state index is -1.70. The van der Waals surface area contributed by atoms with Gasteiger partial charge in [-0.05, 0) is 20.8 Å². The first-order valence-electron chi connectivity index (χ1n) is 4.46. The van der Waals surface area contributed by atoms with E-state index in [-0.39, 0.29) is 11.9 Å². The number of hydrogen-bond donors (Lipinski definition) is 1. The second-order valence-corrected chi connectivity index (χ2v) is 4.51. The van der Waals surface area contributed by atoms with E-state index < -0.39 is 23.6 Å². The number of halogens is 2. The normalized spacial score (nSPS) is 13.1. The van der Waals surface area contributed by atoms with Crippen molar-refractivity contribution in [3.8, 4) is 0 Å². The zero-order chi connectivity index (χ0) is 12.1. The molecule has 0 aromatic carbocycles. The van der Waals surface area contributed by atoms with Crippen molar-refractivity contribution in [2.45, 2.75) is 32.5 Å². The van der Waals surface area contributed by atoms with Crippen molar-refractivity contribution >= 4 is 27.8 Å². The molecule has 0 radical (unpaired) electrons. The number of carbonyl (C=O) groups excluding carboxylic acids is 2. The molecule has 1 N–H and O–H groups in total. The molecular formula is C9H15BrFNO3. The maximum Gasteiger partial charge on any atom is 0.407 e. The molecule has 0 aliphatic rings. The third kappa shape index (κ3) is 7.30. The highest BCUT2D eigenvalue weighted by atomic mass is 79.9. The van der Waals surface area contributed by atoms with Crippen molar-refractivity contribution in [1.82, 2.24) is 5.32 Å². The second-order valence-electron chi connectivity index (χ2n) is 3.95. The molecule has 6 heteroatoms. The van der Waals surface area contributed by atoms with E-state index in [4.69, 9.17) is 4.74 Å². The summed E-state index contributed by atoms with van der Waals surface area (Å²) < 4.78 is 17.8. The van der Waals surface area contributed by atoms with Gasteiger partial charge in [0, 0.05) is 0 Å². The van der Waals surface area contributed by atoms with Gasteiger partial charge in [0.05, 0.1) is 11.9 Å². The van der Waals surface area contributed by atoms with Crippen LogP contribution in [-0.4, -0.2) is 35.5 Å². The van der Waals surface area contributed by atoms with Gasteiger partial charge in [-0.25, -0.2) is 9.18 Å². The molecule has 0 saturated carbocycles. The van der Waals surface area contributed by atoms with Crippen LogP contribution in [0.2, 0.25) is 0 Å². The average Bonchev–Trinajstić information content (AvgIpc) is 2.10. The fraction of sp³-hybridized carbons (Fsp3) is 0.778. The molecule has 4 nitrogen and oxygen atoms in total. The Morgan fingerprint density at radius 3 is 2.40 bits per heavy atom. The first kappa shape index (κ1) is 14.3. The Morgan fingerprint density at radius 1 is 1.47 bits per heavy atom. The van der Waals surface area contributed by atoms with Crippen molar-refractivity contribution in [2.75, 3.05) is 11.9 Å². The summed E-state index contributed by atoms with van der Waals surface area (Å²) in [6, 6.07) is 0. The average molecular weight is 284 g/mol. The summed E-state index contributed by atoms with van der Waals surface area (Å²) in [5.41, 5.74) is -0.630. The van der Waals surface area contributed by atoms with Gasteiger partial charge in [0.15, 0.2) is 12.0 Å². The highest BCUT2D eigenvalue weighted by molar-refractivity contribution is 9.09. The van der Waals surface area contributed by atoms with Crippen molar-refractivity contribution in [3.05, 3.63) is 0 Å². The molecule has 0 aliphatic heterocycles. The van der Waals surface area contributed by atoms with Crippen LogP contribution < -0.4 is 5.32 Å². The topological polar surface area (TPSA) is 55.4 Å². The monoisotopic (exact) mass is 283 g/mol. The van der Waals surface area contributed by atoms with Crippen molar-refractivity contribution in [3.63, 3.8) is 0 Å². The molecule has 0 heterocycles. The SMILES string of the molecule is CC(C)(C)OC(=O)NC[C@H](F)C(=O)CBr. The summed E-state index contributed by atoms with van der Waals surface area (Å²) in [4.78, 5) is 21.8. The number of carbonyl (C=O) groups is 2. The Balaban J connectivity index is 3.86. The summed E-state index contributed by atoms with van der Waals surface area (Å²) in [5, 5.41) is 2.11. The molecule has 0 aliphatic carbocycles. The Hall–Kier alpha value is -0.650. The van der Waals surface area contributed by atoms with E-state index in [2.05, 4.69) is 21.2 Å². The minimum Gasteiger partial charge on any atom is -0.444 e. The molecular weight excluding hydrogens is 269 g/mol. The van der Waals surface area contributed by atoms with E-state index in [9.17, 15) is 14.0 Å². The molecule has 1 amide bonds. The van der Waals surface area contributed by atoms with E-state index in [1.54, 1.807) is 20.8 Å². The lowest BCUT2D eigenvalue weighted by Crippen LogP contribution is -2.38. The molecule has 0 bridgehead atoms. The number of amides is 1. The standard InChI is InChI=1S/C9H15BrFNO3/c1-9(2,3)15-8(14)12-5-6(11)7(13)4-10/h6H,4-5H2,1-3H3,(H,12,14)/t6-/m0/s1. The number of hydrogen-bond acceptors (Lipinski definition) is 3. The van der Waals surface area contributed by atoms with Crippen LogP contribution in [-0.2, 0) is 9.53 Å². The number of ether oxygens (including phenoxy) is 1. The molecule has 1 atom stereocenters. The van der Waals surface area contributed by atoms with E-state index in [0.29, 0.717) is 0 Å². The number of rotatable bonds is 4. The van der Waals surface area contributed by atoms with E-state index >= 15 is 0 Å². The van der Waals surface area contributed by atoms with Gasteiger partial charge in [0.1, 0.15) is 5.60 Å². The molecule has 0 spiro atoms. The Morgan fingerprint density at radius 2 is 2.00 bits per heavy atom. The van der Waals surface area contributed by atoms with Gasteiger partial charge < -0.3 is 10.1 Å². The van der Waals surface area contributed by atoms with Gasteiger partial charge in [-0.3, -0.25) is 4.79 Å². The third-order valence-corrected chi connectivity index (χ3v) is 1.86. The van der Waals surface area contributed by atoms with Gasteiger partial charge in [-0.2, -0.15) is 0 Å². The van der Waals surface area contributed by atoms with E-state index in [1.807, 2.05) is 0 Å². The Bertz CT molecular complexity index is 240. The summed E-state index contributed by atoms with van der Waals surface area (Å²) >= 11 is 2.84. The molecule has 0 unspecified atom stereocenters. The lowest BCUT2D eigenvalue weighted by Gasteiger charge is -2.19. The van der Waals surface area contributed by atoms with Crippen LogP contribution in [0.3, 0.4) is 0 Å². The molecule has 0 fully saturated rings. The number of ketones is 1. The van der Waals surface area contributed by atoms with Gasteiger partial charge in [0.2, 0.25) is 0 Å². The predicted octanol–water partition coefficient (Wildman–Crippen LogP) is 1.81. The Kier molecular flexibility index (Phi) is 5.79. The zero-order valence-corrected chi connectivity index (χ0v) is 10.6. The van der Waals surface area contributed by atoms with Crippen LogP contribution in [0.5, 0.6) is 0 Å². The smallest absolute Gasteiger partial charge is 0.407 e. The fourth-order valence-corrected chi connectivity index (χ4v) is 1.04. The third-order valence-electron chi connectivity index (χ3n) is 1.31. The largest absolute Gasteiger partial charge is 0.444 e. The predicted molar refractivity (Wildman–Crippen MR) is 57.9 cm³/mol. The van der Waals surface area contributed by atoms with Crippen LogP contribution in [0.15, 0.2) is 0 Å². The van der Waals surface area contributed by atoms with Gasteiger partial charge in [-0.15, -0.1) is 0 Å². The first-order valence-corrected chi connectivity index (χ1v) is 5.58. The lowest BCUT2D eigenvalue weighted by molar-refractivity contribution is -0.120. The van der Waals surface area contributed by atoms with Crippen LogP contribution in [0.1, 0.15) is 20.8 Å². The summed E-state index contributed by atoms with van der Waals surface area (Å²) in [5.74, 6) is -0.606. The van der Waals surface area contributed by atoms with Gasteiger partial charge >= 0.3 is 6.09 Å². The number of Topliss-reactive ketones (excluding diaryl/α,β-unsaturated/α-hetero) is 1. The second kappa shape index (κ2) is 6.05. The van der Waals surface area contributed by atoms with Crippen molar-refractivity contribution < 1.29 is 18.7 Å². The molecule has 88 valence electrons. The minimum absolute atomic E-state index is 0.0653. The van der Waals surface area contributed by atoms with Gasteiger partial charge in [-0.1, -0.05) is 15.9 Å². The number of nitrogens with one attached hydrogen (secondary N) is 1. The van der Waals surface area contributed by atoms with E-state index in [1.165, 1.54) is 0 Å². The van der Waals surface area contributed by atoms with Crippen LogP contribution >= 0.6 is 15.9 Å².